The number of hydrogen-bond acceptors (Lipinski definition) is 5. The van der Waals surface area contributed by atoms with E-state index < -0.39 is 0 Å². The van der Waals surface area contributed by atoms with E-state index in [1.54, 1.807) is 19.1 Å². The van der Waals surface area contributed by atoms with Gasteiger partial charge in [0.2, 0.25) is 0 Å². The smallest absolute Gasteiger partial charge is 0.290 e. The second-order valence-corrected chi connectivity index (χ2v) is 5.57. The van der Waals surface area contributed by atoms with Gasteiger partial charge in [0.1, 0.15) is 11.5 Å². The largest absolute Gasteiger partial charge is 0.353 e. The molecule has 1 fully saturated rings. The molecular formula is C14H22N4O2. The van der Waals surface area contributed by atoms with Crippen LogP contribution in [-0.2, 0) is 0 Å². The Balaban J connectivity index is 2.20. The molecule has 0 bridgehead atoms. The Hall–Kier alpha value is -1.69. The maximum atomic E-state index is 10.9. The molecule has 6 heteroatoms. The van der Waals surface area contributed by atoms with Gasteiger partial charge in [-0.25, -0.2) is 4.98 Å². The molecule has 0 amide bonds. The summed E-state index contributed by atoms with van der Waals surface area (Å²) in [7, 11) is 0. The third-order valence-corrected chi connectivity index (χ3v) is 3.74. The highest BCUT2D eigenvalue weighted by Gasteiger charge is 2.22. The Morgan fingerprint density at radius 1 is 1.55 bits per heavy atom. The summed E-state index contributed by atoms with van der Waals surface area (Å²) in [6.45, 7) is 7.89. The van der Waals surface area contributed by atoms with Crippen molar-refractivity contribution in [3.8, 4) is 0 Å². The van der Waals surface area contributed by atoms with E-state index in [0.29, 0.717) is 17.8 Å². The standard InChI is InChI=1S/C14H22N4O2/c1-10(2)17(9-12-5-4-8-15-12)14-7-6-13(18(19)20)11(3)16-14/h6-7,10,12,15H,4-5,8-9H2,1-3H3. The van der Waals surface area contributed by atoms with E-state index in [4.69, 9.17) is 0 Å². The molecule has 2 heterocycles. The van der Waals surface area contributed by atoms with Gasteiger partial charge in [-0.15, -0.1) is 0 Å². The Morgan fingerprint density at radius 2 is 2.30 bits per heavy atom. The fraction of sp³-hybridized carbons (Fsp3) is 0.643. The molecule has 0 radical (unpaired) electrons. The van der Waals surface area contributed by atoms with E-state index in [1.165, 1.54) is 12.8 Å². The summed E-state index contributed by atoms with van der Waals surface area (Å²) in [4.78, 5) is 17.1. The molecule has 1 aromatic rings. The molecule has 1 aromatic heterocycles. The maximum absolute atomic E-state index is 10.9. The summed E-state index contributed by atoms with van der Waals surface area (Å²) in [6, 6.07) is 4.09. The summed E-state index contributed by atoms with van der Waals surface area (Å²) in [5, 5.41) is 14.3. The highest BCUT2D eigenvalue weighted by atomic mass is 16.6. The Morgan fingerprint density at radius 3 is 2.80 bits per heavy atom. The number of nitro groups is 1. The van der Waals surface area contributed by atoms with E-state index >= 15 is 0 Å². The molecule has 1 aliphatic rings. The van der Waals surface area contributed by atoms with Crippen LogP contribution < -0.4 is 10.2 Å². The van der Waals surface area contributed by atoms with Gasteiger partial charge < -0.3 is 10.2 Å². The highest BCUT2D eigenvalue weighted by Crippen LogP contribution is 2.22. The van der Waals surface area contributed by atoms with E-state index in [9.17, 15) is 10.1 Å². The number of nitrogens with zero attached hydrogens (tertiary/aromatic N) is 3. The van der Waals surface area contributed by atoms with Crippen molar-refractivity contribution in [1.29, 1.82) is 0 Å². The lowest BCUT2D eigenvalue weighted by atomic mass is 10.2. The first-order valence-electron chi connectivity index (χ1n) is 7.11. The molecule has 0 spiro atoms. The molecular weight excluding hydrogens is 256 g/mol. The van der Waals surface area contributed by atoms with Gasteiger partial charge in [-0.3, -0.25) is 10.1 Å². The predicted octanol–water partition coefficient (Wildman–Crippen LogP) is 2.27. The molecule has 20 heavy (non-hydrogen) atoms. The van der Waals surface area contributed by atoms with Gasteiger partial charge in [0, 0.05) is 24.7 Å². The molecule has 1 N–H and O–H groups in total. The lowest BCUT2D eigenvalue weighted by Gasteiger charge is -2.30. The van der Waals surface area contributed by atoms with Crippen LogP contribution in [0.2, 0.25) is 0 Å². The summed E-state index contributed by atoms with van der Waals surface area (Å²) in [6.07, 6.45) is 2.39. The number of aryl methyl sites for hydroxylation is 1. The molecule has 0 aromatic carbocycles. The van der Waals surface area contributed by atoms with Crippen LogP contribution in [0.25, 0.3) is 0 Å². The van der Waals surface area contributed by atoms with E-state index in [1.807, 2.05) is 0 Å². The van der Waals surface area contributed by atoms with E-state index in [2.05, 4.69) is 29.0 Å². The van der Waals surface area contributed by atoms with E-state index in [-0.39, 0.29) is 10.6 Å². The van der Waals surface area contributed by atoms with Crippen LogP contribution in [0.3, 0.4) is 0 Å². The molecule has 1 aliphatic heterocycles. The molecule has 6 nitrogen and oxygen atoms in total. The zero-order valence-corrected chi connectivity index (χ0v) is 12.3. The molecule has 0 aliphatic carbocycles. The maximum Gasteiger partial charge on any atom is 0.290 e. The topological polar surface area (TPSA) is 71.3 Å². The van der Waals surface area contributed by atoms with Gasteiger partial charge in [-0.1, -0.05) is 0 Å². The van der Waals surface area contributed by atoms with Crippen molar-refractivity contribution in [3.63, 3.8) is 0 Å². The van der Waals surface area contributed by atoms with Crippen LogP contribution in [0, 0.1) is 17.0 Å². The highest BCUT2D eigenvalue weighted by molar-refractivity contribution is 5.47. The summed E-state index contributed by atoms with van der Waals surface area (Å²) >= 11 is 0. The summed E-state index contributed by atoms with van der Waals surface area (Å²) in [5.74, 6) is 0.816. The second-order valence-electron chi connectivity index (χ2n) is 5.57. The van der Waals surface area contributed by atoms with Crippen LogP contribution in [0.15, 0.2) is 12.1 Å². The molecule has 1 unspecified atom stereocenters. The second kappa shape index (κ2) is 6.17. The van der Waals surface area contributed by atoms with Crippen LogP contribution in [0.1, 0.15) is 32.4 Å². The van der Waals surface area contributed by atoms with Crippen LogP contribution in [0.5, 0.6) is 0 Å². The zero-order valence-electron chi connectivity index (χ0n) is 12.3. The number of aromatic nitrogens is 1. The lowest BCUT2D eigenvalue weighted by molar-refractivity contribution is -0.385. The number of pyridine rings is 1. The lowest BCUT2D eigenvalue weighted by Crippen LogP contribution is -2.41. The summed E-state index contributed by atoms with van der Waals surface area (Å²) in [5.41, 5.74) is 0.550. The Kier molecular flexibility index (Phi) is 4.54. The van der Waals surface area contributed by atoms with Crippen molar-refractivity contribution in [1.82, 2.24) is 10.3 Å². The summed E-state index contributed by atoms with van der Waals surface area (Å²) < 4.78 is 0. The fourth-order valence-electron chi connectivity index (χ4n) is 2.61. The Labute approximate surface area is 119 Å². The third-order valence-electron chi connectivity index (χ3n) is 3.74. The fourth-order valence-corrected chi connectivity index (χ4v) is 2.61. The van der Waals surface area contributed by atoms with Crippen LogP contribution in [0.4, 0.5) is 11.5 Å². The molecule has 110 valence electrons. The first-order valence-corrected chi connectivity index (χ1v) is 7.11. The molecule has 2 rings (SSSR count). The number of hydrogen-bond donors (Lipinski definition) is 1. The van der Waals surface area contributed by atoms with Crippen molar-refractivity contribution in [3.05, 3.63) is 27.9 Å². The van der Waals surface area contributed by atoms with E-state index in [0.717, 1.165) is 18.9 Å². The number of rotatable bonds is 5. The average Bonchev–Trinajstić information content (AvgIpc) is 2.87. The minimum Gasteiger partial charge on any atom is -0.353 e. The first kappa shape index (κ1) is 14.7. The van der Waals surface area contributed by atoms with Crippen molar-refractivity contribution in [2.24, 2.45) is 0 Å². The average molecular weight is 278 g/mol. The van der Waals surface area contributed by atoms with Crippen molar-refractivity contribution in [2.45, 2.75) is 45.7 Å². The van der Waals surface area contributed by atoms with Crippen molar-refractivity contribution in [2.75, 3.05) is 18.0 Å². The van der Waals surface area contributed by atoms with Gasteiger partial charge in [0.15, 0.2) is 0 Å². The van der Waals surface area contributed by atoms with Crippen molar-refractivity contribution < 1.29 is 4.92 Å². The minimum atomic E-state index is -0.385. The SMILES string of the molecule is Cc1nc(N(CC2CCCN2)C(C)C)ccc1[N+](=O)[O-]. The van der Waals surface area contributed by atoms with Gasteiger partial charge in [-0.2, -0.15) is 0 Å². The van der Waals surface area contributed by atoms with Crippen LogP contribution >= 0.6 is 0 Å². The minimum absolute atomic E-state index is 0.0800. The quantitative estimate of drug-likeness (QED) is 0.661. The first-order chi connectivity index (χ1) is 9.49. The van der Waals surface area contributed by atoms with Crippen molar-refractivity contribution >= 4 is 11.5 Å². The predicted molar refractivity (Wildman–Crippen MR) is 79.1 cm³/mol. The van der Waals surface area contributed by atoms with Gasteiger partial charge in [0.25, 0.3) is 5.69 Å². The van der Waals surface area contributed by atoms with Gasteiger partial charge in [-0.05, 0) is 46.2 Å². The molecule has 1 saturated heterocycles. The van der Waals surface area contributed by atoms with Gasteiger partial charge >= 0.3 is 0 Å². The Bertz CT molecular complexity index is 484. The molecule has 0 saturated carbocycles. The third kappa shape index (κ3) is 3.25. The normalized spacial score (nSPS) is 18.5. The van der Waals surface area contributed by atoms with Crippen LogP contribution in [-0.4, -0.2) is 35.1 Å². The number of nitrogens with one attached hydrogen (secondary N) is 1. The number of anilines is 1. The zero-order chi connectivity index (χ0) is 14.7. The molecule has 1 atom stereocenters. The monoisotopic (exact) mass is 278 g/mol. The van der Waals surface area contributed by atoms with Gasteiger partial charge in [0.05, 0.1) is 4.92 Å².